The Bertz CT molecular complexity index is 635. The Morgan fingerprint density at radius 2 is 2.10 bits per heavy atom. The van der Waals surface area contributed by atoms with Crippen LogP contribution in [-0.4, -0.2) is 27.9 Å². The molecule has 1 amide bonds. The van der Waals surface area contributed by atoms with Crippen LogP contribution in [0.3, 0.4) is 0 Å². The largest absolute Gasteiger partial charge is 0.399 e. The van der Waals surface area contributed by atoms with Gasteiger partial charge in [-0.05, 0) is 44.0 Å². The highest BCUT2D eigenvalue weighted by molar-refractivity contribution is 5.93. The van der Waals surface area contributed by atoms with Gasteiger partial charge in [0.05, 0.1) is 18.0 Å². The minimum atomic E-state index is -0.380. The maximum atomic E-state index is 12.2. The van der Waals surface area contributed by atoms with Crippen LogP contribution >= 0.6 is 0 Å². The number of nitrogens with one attached hydrogen (secondary N) is 1. The fourth-order valence-corrected chi connectivity index (χ4v) is 2.42. The summed E-state index contributed by atoms with van der Waals surface area (Å²) in [5.41, 5.74) is 7.20. The van der Waals surface area contributed by atoms with Crippen LogP contribution in [0.15, 0.2) is 36.5 Å². The molecule has 3 rings (SSSR count). The molecular formula is C15H18N4O2. The quantitative estimate of drug-likeness (QED) is 0.845. The van der Waals surface area contributed by atoms with E-state index in [1.807, 2.05) is 19.1 Å². The second kappa shape index (κ2) is 5.57. The summed E-state index contributed by atoms with van der Waals surface area (Å²) in [5.74, 6) is 0.490. The molecule has 2 aromatic rings. The van der Waals surface area contributed by atoms with Gasteiger partial charge in [-0.15, -0.1) is 0 Å². The van der Waals surface area contributed by atoms with E-state index in [1.54, 1.807) is 29.1 Å². The Morgan fingerprint density at radius 3 is 2.76 bits per heavy atom. The number of hydrogen-bond acceptors (Lipinski definition) is 4. The highest BCUT2D eigenvalue weighted by Crippen LogP contribution is 2.21. The number of ether oxygens (including phenoxy) is 1. The second-order valence-corrected chi connectivity index (χ2v) is 5.22. The monoisotopic (exact) mass is 286 g/mol. The lowest BCUT2D eigenvalue weighted by Gasteiger charge is -2.13. The molecule has 110 valence electrons. The summed E-state index contributed by atoms with van der Waals surface area (Å²) in [6.07, 6.45) is 3.07. The van der Waals surface area contributed by atoms with E-state index in [0.29, 0.717) is 11.5 Å². The molecule has 0 aliphatic carbocycles. The number of nitrogens with zero attached hydrogens (tertiary/aromatic N) is 2. The summed E-state index contributed by atoms with van der Waals surface area (Å²) in [6.45, 7) is 1.98. The van der Waals surface area contributed by atoms with Gasteiger partial charge in [0.1, 0.15) is 11.9 Å². The van der Waals surface area contributed by atoms with Crippen LogP contribution in [-0.2, 0) is 9.53 Å². The van der Waals surface area contributed by atoms with Crippen LogP contribution in [0.25, 0.3) is 5.69 Å². The minimum absolute atomic E-state index is 0.128. The number of aromatic nitrogens is 2. The molecule has 2 atom stereocenters. The van der Waals surface area contributed by atoms with E-state index < -0.39 is 0 Å². The van der Waals surface area contributed by atoms with E-state index in [-0.39, 0.29) is 18.1 Å². The molecule has 6 heteroatoms. The molecule has 0 spiro atoms. The highest BCUT2D eigenvalue weighted by Gasteiger charge is 2.28. The molecule has 1 fully saturated rings. The van der Waals surface area contributed by atoms with Gasteiger partial charge in [0.2, 0.25) is 0 Å². The van der Waals surface area contributed by atoms with E-state index in [9.17, 15) is 4.79 Å². The Morgan fingerprint density at radius 1 is 1.33 bits per heavy atom. The molecule has 2 unspecified atom stereocenters. The number of hydrogen-bond donors (Lipinski definition) is 2. The SMILES string of the molecule is CC1CCC(C(=O)Nc2ccnn2-c2ccc(N)cc2)O1. The lowest BCUT2D eigenvalue weighted by Crippen LogP contribution is -2.28. The fourth-order valence-electron chi connectivity index (χ4n) is 2.42. The predicted octanol–water partition coefficient (Wildman–Crippen LogP) is 1.96. The molecule has 0 saturated carbocycles. The summed E-state index contributed by atoms with van der Waals surface area (Å²) in [7, 11) is 0. The van der Waals surface area contributed by atoms with Crippen molar-refractivity contribution in [3.8, 4) is 5.69 Å². The Balaban J connectivity index is 1.76. The number of nitrogen functional groups attached to an aromatic ring is 1. The van der Waals surface area contributed by atoms with Gasteiger partial charge in [0, 0.05) is 11.8 Å². The highest BCUT2D eigenvalue weighted by atomic mass is 16.5. The molecule has 21 heavy (non-hydrogen) atoms. The van der Waals surface area contributed by atoms with Crippen LogP contribution in [0.2, 0.25) is 0 Å². The van der Waals surface area contributed by atoms with Gasteiger partial charge in [0.25, 0.3) is 5.91 Å². The van der Waals surface area contributed by atoms with Crippen LogP contribution in [0.5, 0.6) is 0 Å². The molecule has 0 radical (unpaired) electrons. The third kappa shape index (κ3) is 2.90. The van der Waals surface area contributed by atoms with Crippen LogP contribution in [0.1, 0.15) is 19.8 Å². The van der Waals surface area contributed by atoms with Crippen molar-refractivity contribution in [2.24, 2.45) is 0 Å². The van der Waals surface area contributed by atoms with Crippen molar-refractivity contribution >= 4 is 17.4 Å². The van der Waals surface area contributed by atoms with Gasteiger partial charge in [-0.1, -0.05) is 0 Å². The number of carbonyl (C=O) groups is 1. The molecule has 6 nitrogen and oxygen atoms in total. The third-order valence-corrected chi connectivity index (χ3v) is 3.56. The Hall–Kier alpha value is -2.34. The van der Waals surface area contributed by atoms with Crippen molar-refractivity contribution in [3.63, 3.8) is 0 Å². The zero-order valence-corrected chi connectivity index (χ0v) is 11.8. The Labute approximate surface area is 122 Å². The number of amides is 1. The van der Waals surface area contributed by atoms with Crippen molar-refractivity contribution < 1.29 is 9.53 Å². The number of carbonyl (C=O) groups excluding carboxylic acids is 1. The average Bonchev–Trinajstić information content (AvgIpc) is 3.09. The van der Waals surface area contributed by atoms with Crippen molar-refractivity contribution in [2.45, 2.75) is 32.0 Å². The molecule has 1 aliphatic heterocycles. The van der Waals surface area contributed by atoms with E-state index in [1.165, 1.54) is 0 Å². The van der Waals surface area contributed by atoms with Crippen molar-refractivity contribution in [2.75, 3.05) is 11.1 Å². The lowest BCUT2D eigenvalue weighted by molar-refractivity contribution is -0.126. The van der Waals surface area contributed by atoms with Gasteiger partial charge in [0.15, 0.2) is 0 Å². The van der Waals surface area contributed by atoms with E-state index >= 15 is 0 Å². The maximum Gasteiger partial charge on any atom is 0.254 e. The molecular weight excluding hydrogens is 268 g/mol. The summed E-state index contributed by atoms with van der Waals surface area (Å²) in [6, 6.07) is 9.06. The van der Waals surface area contributed by atoms with Gasteiger partial charge >= 0.3 is 0 Å². The first-order valence-electron chi connectivity index (χ1n) is 7.00. The van der Waals surface area contributed by atoms with Gasteiger partial charge in [-0.3, -0.25) is 4.79 Å². The smallest absolute Gasteiger partial charge is 0.254 e. The topological polar surface area (TPSA) is 82.2 Å². The minimum Gasteiger partial charge on any atom is -0.399 e. The summed E-state index contributed by atoms with van der Waals surface area (Å²) < 4.78 is 7.24. The Kier molecular flexibility index (Phi) is 3.62. The normalized spacial score (nSPS) is 21.4. The first kappa shape index (κ1) is 13.6. The van der Waals surface area contributed by atoms with Gasteiger partial charge in [-0.2, -0.15) is 5.10 Å². The maximum absolute atomic E-state index is 12.2. The fraction of sp³-hybridized carbons (Fsp3) is 0.333. The third-order valence-electron chi connectivity index (χ3n) is 3.56. The first-order chi connectivity index (χ1) is 10.1. The summed E-state index contributed by atoms with van der Waals surface area (Å²) in [5, 5.41) is 7.10. The number of benzene rings is 1. The van der Waals surface area contributed by atoms with Crippen molar-refractivity contribution in [3.05, 3.63) is 36.5 Å². The van der Waals surface area contributed by atoms with Gasteiger partial charge < -0.3 is 15.8 Å². The standard InChI is InChI=1S/C15H18N4O2/c1-10-2-7-13(21-10)15(20)18-14-8-9-17-19(14)12-5-3-11(16)4-6-12/h3-6,8-10,13H,2,7,16H2,1H3,(H,18,20). The van der Waals surface area contributed by atoms with Crippen molar-refractivity contribution in [1.29, 1.82) is 0 Å². The molecule has 3 N–H and O–H groups in total. The van der Waals surface area contributed by atoms with E-state index in [2.05, 4.69) is 10.4 Å². The number of nitrogens with two attached hydrogens (primary N) is 1. The molecule has 1 aromatic carbocycles. The van der Waals surface area contributed by atoms with E-state index in [0.717, 1.165) is 18.5 Å². The van der Waals surface area contributed by atoms with Crippen LogP contribution in [0.4, 0.5) is 11.5 Å². The van der Waals surface area contributed by atoms with Crippen LogP contribution < -0.4 is 11.1 Å². The zero-order chi connectivity index (χ0) is 14.8. The number of anilines is 2. The average molecular weight is 286 g/mol. The lowest BCUT2D eigenvalue weighted by atomic mass is 10.2. The predicted molar refractivity (Wildman–Crippen MR) is 80.2 cm³/mol. The summed E-state index contributed by atoms with van der Waals surface area (Å²) in [4.78, 5) is 12.2. The first-order valence-corrected chi connectivity index (χ1v) is 7.00. The number of rotatable bonds is 3. The van der Waals surface area contributed by atoms with Crippen LogP contribution in [0, 0.1) is 0 Å². The molecule has 2 heterocycles. The van der Waals surface area contributed by atoms with Gasteiger partial charge in [-0.25, -0.2) is 4.68 Å². The van der Waals surface area contributed by atoms with E-state index in [4.69, 9.17) is 10.5 Å². The molecule has 1 aliphatic rings. The second-order valence-electron chi connectivity index (χ2n) is 5.22. The molecule has 0 bridgehead atoms. The van der Waals surface area contributed by atoms with Crippen molar-refractivity contribution in [1.82, 2.24) is 9.78 Å². The summed E-state index contributed by atoms with van der Waals surface area (Å²) >= 11 is 0. The molecule has 1 saturated heterocycles. The molecule has 1 aromatic heterocycles. The zero-order valence-electron chi connectivity index (χ0n) is 11.8.